The Kier molecular flexibility index (Phi) is 3.17. The summed E-state index contributed by atoms with van der Waals surface area (Å²) in [4.78, 5) is 3.45. The molecule has 17 heavy (non-hydrogen) atoms. The van der Waals surface area contributed by atoms with E-state index >= 15 is 0 Å². The number of aliphatic hydroxyl groups is 1. The van der Waals surface area contributed by atoms with Crippen LogP contribution in [0, 0.1) is 0 Å². The van der Waals surface area contributed by atoms with E-state index in [-0.39, 0.29) is 4.88 Å². The molecule has 2 nitrogen and oxygen atoms in total. The molecule has 2 aromatic rings. The van der Waals surface area contributed by atoms with E-state index in [9.17, 15) is 18.3 Å². The predicted octanol–water partition coefficient (Wildman–Crippen LogP) is 3.24. The Morgan fingerprint density at radius 1 is 1.18 bits per heavy atom. The Labute approximate surface area is 99.4 Å². The van der Waals surface area contributed by atoms with Crippen LogP contribution in [0.5, 0.6) is 0 Å². The van der Waals surface area contributed by atoms with E-state index in [2.05, 4.69) is 4.98 Å². The van der Waals surface area contributed by atoms with Crippen LogP contribution in [-0.2, 0) is 6.18 Å². The maximum atomic E-state index is 12.3. The van der Waals surface area contributed by atoms with Gasteiger partial charge < -0.3 is 5.11 Å². The molecule has 2 rings (SSSR count). The first-order valence-corrected chi connectivity index (χ1v) is 5.56. The highest BCUT2D eigenvalue weighted by Gasteiger charge is 2.35. The number of benzene rings is 1. The molecule has 1 N–H and O–H groups in total. The molecule has 0 aliphatic heterocycles. The second-order valence-electron chi connectivity index (χ2n) is 3.38. The normalized spacial score (nSPS) is 13.6. The van der Waals surface area contributed by atoms with Crippen molar-refractivity contribution in [3.8, 4) is 0 Å². The number of alkyl halides is 3. The van der Waals surface area contributed by atoms with Gasteiger partial charge in [-0.3, -0.25) is 0 Å². The second kappa shape index (κ2) is 4.46. The van der Waals surface area contributed by atoms with Crippen molar-refractivity contribution in [2.24, 2.45) is 0 Å². The molecule has 1 atom stereocenters. The quantitative estimate of drug-likeness (QED) is 0.898. The molecular formula is C11H8F3NOS. The molecule has 6 heteroatoms. The fourth-order valence-electron chi connectivity index (χ4n) is 1.34. The lowest BCUT2D eigenvalue weighted by molar-refractivity contribution is -0.137. The van der Waals surface area contributed by atoms with Crippen LogP contribution < -0.4 is 0 Å². The van der Waals surface area contributed by atoms with Gasteiger partial charge in [-0.15, -0.1) is 11.3 Å². The number of rotatable bonds is 2. The largest absolute Gasteiger partial charge is 0.443 e. The molecule has 0 radical (unpaired) electrons. The molecule has 0 spiro atoms. The molecule has 0 fully saturated rings. The van der Waals surface area contributed by atoms with Crippen LogP contribution in [0.15, 0.2) is 36.5 Å². The minimum atomic E-state index is -4.46. The third kappa shape index (κ3) is 2.65. The van der Waals surface area contributed by atoms with E-state index in [1.165, 1.54) is 0 Å². The Hall–Kier alpha value is -1.40. The van der Waals surface area contributed by atoms with E-state index in [0.29, 0.717) is 16.9 Å². The average molecular weight is 259 g/mol. The molecule has 1 heterocycles. The van der Waals surface area contributed by atoms with Crippen molar-refractivity contribution >= 4 is 11.3 Å². The highest BCUT2D eigenvalue weighted by molar-refractivity contribution is 7.11. The van der Waals surface area contributed by atoms with Gasteiger partial charge in [-0.25, -0.2) is 4.98 Å². The van der Waals surface area contributed by atoms with Crippen LogP contribution in [0.4, 0.5) is 13.2 Å². The van der Waals surface area contributed by atoms with Gasteiger partial charge in [0.25, 0.3) is 0 Å². The Morgan fingerprint density at radius 3 is 2.35 bits per heavy atom. The predicted molar refractivity (Wildman–Crippen MR) is 57.6 cm³/mol. The topological polar surface area (TPSA) is 33.1 Å². The van der Waals surface area contributed by atoms with Crippen molar-refractivity contribution in [1.29, 1.82) is 0 Å². The average Bonchev–Trinajstić information content (AvgIpc) is 2.78. The smallest absolute Gasteiger partial charge is 0.383 e. The summed E-state index contributed by atoms with van der Waals surface area (Å²) in [5.74, 6) is 0. The first-order chi connectivity index (χ1) is 7.98. The van der Waals surface area contributed by atoms with Crippen molar-refractivity contribution in [2.45, 2.75) is 12.3 Å². The number of hydrogen-bond acceptors (Lipinski definition) is 3. The van der Waals surface area contributed by atoms with E-state index in [1.54, 1.807) is 30.3 Å². The lowest BCUT2D eigenvalue weighted by atomic mass is 10.1. The van der Waals surface area contributed by atoms with Gasteiger partial charge in [0.1, 0.15) is 6.10 Å². The number of nitrogens with zero attached hydrogens (tertiary/aromatic N) is 1. The zero-order chi connectivity index (χ0) is 12.5. The van der Waals surface area contributed by atoms with Crippen LogP contribution in [0.2, 0.25) is 0 Å². The minimum Gasteiger partial charge on any atom is -0.383 e. The highest BCUT2D eigenvalue weighted by atomic mass is 32.1. The number of aliphatic hydroxyl groups excluding tert-OH is 1. The van der Waals surface area contributed by atoms with Crippen molar-refractivity contribution in [2.75, 3.05) is 0 Å². The molecule has 0 bridgehead atoms. The van der Waals surface area contributed by atoms with Crippen LogP contribution in [0.25, 0.3) is 0 Å². The van der Waals surface area contributed by atoms with E-state index < -0.39 is 17.3 Å². The number of hydrogen-bond donors (Lipinski definition) is 1. The van der Waals surface area contributed by atoms with Crippen molar-refractivity contribution in [3.63, 3.8) is 0 Å². The minimum absolute atomic E-state index is 0.184. The van der Waals surface area contributed by atoms with Gasteiger partial charge in [0.2, 0.25) is 0 Å². The van der Waals surface area contributed by atoms with Crippen molar-refractivity contribution < 1.29 is 18.3 Å². The first kappa shape index (κ1) is 12.1. The van der Waals surface area contributed by atoms with E-state index in [1.807, 2.05) is 0 Å². The molecule has 0 saturated carbocycles. The van der Waals surface area contributed by atoms with Crippen LogP contribution in [0.1, 0.15) is 21.6 Å². The van der Waals surface area contributed by atoms with Gasteiger partial charge in [-0.1, -0.05) is 30.3 Å². The Balaban J connectivity index is 2.27. The van der Waals surface area contributed by atoms with Gasteiger partial charge in [0.05, 0.1) is 4.88 Å². The van der Waals surface area contributed by atoms with Gasteiger partial charge in [-0.2, -0.15) is 13.2 Å². The summed E-state index contributed by atoms with van der Waals surface area (Å²) in [6.07, 6.45) is -4.46. The first-order valence-electron chi connectivity index (χ1n) is 4.74. The molecule has 0 aliphatic carbocycles. The maximum Gasteiger partial charge on any atom is 0.443 e. The summed E-state index contributed by atoms with van der Waals surface area (Å²) < 4.78 is 37.0. The van der Waals surface area contributed by atoms with Gasteiger partial charge in [0, 0.05) is 6.20 Å². The maximum absolute atomic E-state index is 12.3. The number of thiazole rings is 1. The van der Waals surface area contributed by atoms with Crippen molar-refractivity contribution in [1.82, 2.24) is 4.98 Å². The molecule has 1 aromatic heterocycles. The van der Waals surface area contributed by atoms with Gasteiger partial charge in [-0.05, 0) is 5.56 Å². The standard InChI is InChI=1S/C11H8F3NOS/c12-11(13,14)10-15-6-8(17-10)9(16)7-4-2-1-3-5-7/h1-6,9,16H. The zero-order valence-corrected chi connectivity index (χ0v) is 9.29. The fraction of sp³-hybridized carbons (Fsp3) is 0.182. The molecular weight excluding hydrogens is 251 g/mol. The van der Waals surface area contributed by atoms with Gasteiger partial charge in [0.15, 0.2) is 5.01 Å². The van der Waals surface area contributed by atoms with Crippen LogP contribution in [-0.4, -0.2) is 10.1 Å². The number of aromatic nitrogens is 1. The Bertz CT molecular complexity index is 495. The lowest BCUT2D eigenvalue weighted by Crippen LogP contribution is -2.03. The summed E-state index contributed by atoms with van der Waals surface area (Å²) >= 11 is 0.457. The molecule has 1 unspecified atom stereocenters. The highest BCUT2D eigenvalue weighted by Crippen LogP contribution is 2.35. The van der Waals surface area contributed by atoms with Crippen LogP contribution in [0.3, 0.4) is 0 Å². The Morgan fingerprint density at radius 2 is 1.82 bits per heavy atom. The third-order valence-electron chi connectivity index (χ3n) is 2.15. The zero-order valence-electron chi connectivity index (χ0n) is 8.48. The molecule has 0 amide bonds. The van der Waals surface area contributed by atoms with E-state index in [0.717, 1.165) is 6.20 Å². The summed E-state index contributed by atoms with van der Waals surface area (Å²) in [5, 5.41) is 8.93. The third-order valence-corrected chi connectivity index (χ3v) is 3.25. The molecule has 1 aromatic carbocycles. The van der Waals surface area contributed by atoms with E-state index in [4.69, 9.17) is 0 Å². The molecule has 0 saturated heterocycles. The van der Waals surface area contributed by atoms with Crippen molar-refractivity contribution in [3.05, 3.63) is 52.0 Å². The molecule has 0 aliphatic rings. The van der Waals surface area contributed by atoms with Crippen LogP contribution >= 0.6 is 11.3 Å². The number of halogens is 3. The van der Waals surface area contributed by atoms with Gasteiger partial charge >= 0.3 is 6.18 Å². The summed E-state index contributed by atoms with van der Waals surface area (Å²) in [6, 6.07) is 8.49. The fourth-order valence-corrected chi connectivity index (χ4v) is 2.14. The summed E-state index contributed by atoms with van der Waals surface area (Å²) in [5.41, 5.74) is 0.546. The SMILES string of the molecule is OC(c1ccccc1)c1cnc(C(F)(F)F)s1. The monoisotopic (exact) mass is 259 g/mol. The summed E-state index contributed by atoms with van der Waals surface area (Å²) in [7, 11) is 0. The summed E-state index contributed by atoms with van der Waals surface area (Å²) in [6.45, 7) is 0. The second-order valence-corrected chi connectivity index (χ2v) is 4.44. The molecule has 90 valence electrons. The lowest BCUT2D eigenvalue weighted by Gasteiger charge is -2.07.